The summed E-state index contributed by atoms with van der Waals surface area (Å²) in [6.45, 7) is 3.97. The third-order valence-electron chi connectivity index (χ3n) is 6.13. The molecule has 2 aromatic carbocycles. The molecule has 0 aromatic heterocycles. The number of rotatable bonds is 13. The number of para-hydroxylation sites is 2. The van der Waals surface area contributed by atoms with E-state index in [1.807, 2.05) is 31.2 Å². The van der Waals surface area contributed by atoms with Gasteiger partial charge in [0.05, 0.1) is 37.8 Å². The molecule has 200 valence electrons. The van der Waals surface area contributed by atoms with Crippen molar-refractivity contribution in [1.29, 1.82) is 0 Å². The SMILES string of the molecule is CCO[C@@H]1OC(C(=O)Nc2ccccc2N)=C[C@H](c2ccc3c(c2)OCO3)[C@H]1CCOCCOCCO. The number of benzene rings is 2. The Bertz CT molecular complexity index is 1080. The van der Waals surface area contributed by atoms with Crippen LogP contribution in [-0.4, -0.2) is 63.7 Å². The monoisotopic (exact) mass is 514 g/mol. The van der Waals surface area contributed by atoms with Crippen LogP contribution in [0.1, 0.15) is 24.8 Å². The van der Waals surface area contributed by atoms with Crippen LogP contribution in [0.4, 0.5) is 11.4 Å². The number of aliphatic hydroxyl groups excluding tert-OH is 1. The molecule has 2 aromatic rings. The number of hydrogen-bond acceptors (Lipinski definition) is 9. The summed E-state index contributed by atoms with van der Waals surface area (Å²) in [6.07, 6.45) is 1.76. The number of carbonyl (C=O) groups excluding carboxylic acids is 1. The van der Waals surface area contributed by atoms with Gasteiger partial charge in [-0.2, -0.15) is 0 Å². The Kier molecular flexibility index (Phi) is 9.61. The Morgan fingerprint density at radius 1 is 1.08 bits per heavy atom. The Morgan fingerprint density at radius 3 is 2.65 bits per heavy atom. The molecule has 3 atom stereocenters. The van der Waals surface area contributed by atoms with Crippen molar-refractivity contribution in [3.8, 4) is 11.5 Å². The minimum absolute atomic E-state index is 0.0221. The number of nitrogen functional groups attached to an aromatic ring is 1. The highest BCUT2D eigenvalue weighted by Gasteiger charge is 2.38. The molecule has 0 spiro atoms. The first-order valence-corrected chi connectivity index (χ1v) is 12.4. The van der Waals surface area contributed by atoms with Crippen molar-refractivity contribution in [2.45, 2.75) is 25.6 Å². The third kappa shape index (κ3) is 6.92. The predicted molar refractivity (Wildman–Crippen MR) is 136 cm³/mol. The largest absolute Gasteiger partial charge is 0.459 e. The number of ether oxygens (including phenoxy) is 6. The zero-order valence-electron chi connectivity index (χ0n) is 20.9. The van der Waals surface area contributed by atoms with Crippen molar-refractivity contribution in [3.05, 3.63) is 59.9 Å². The molecular formula is C27H34N2O8. The summed E-state index contributed by atoms with van der Waals surface area (Å²) in [6, 6.07) is 12.8. The average Bonchev–Trinajstić information content (AvgIpc) is 3.38. The van der Waals surface area contributed by atoms with E-state index in [2.05, 4.69) is 5.32 Å². The molecule has 2 aliphatic rings. The van der Waals surface area contributed by atoms with Crippen LogP contribution in [0.3, 0.4) is 0 Å². The summed E-state index contributed by atoms with van der Waals surface area (Å²) in [5.41, 5.74) is 7.91. The van der Waals surface area contributed by atoms with Crippen LogP contribution < -0.4 is 20.5 Å². The highest BCUT2D eigenvalue weighted by molar-refractivity contribution is 6.04. The summed E-state index contributed by atoms with van der Waals surface area (Å²) in [4.78, 5) is 13.2. The van der Waals surface area contributed by atoms with E-state index in [9.17, 15) is 4.79 Å². The van der Waals surface area contributed by atoms with Gasteiger partial charge in [-0.05, 0) is 49.2 Å². The fourth-order valence-electron chi connectivity index (χ4n) is 4.34. The van der Waals surface area contributed by atoms with Crippen molar-refractivity contribution in [2.75, 3.05) is 57.5 Å². The lowest BCUT2D eigenvalue weighted by Crippen LogP contribution is -2.38. The van der Waals surface area contributed by atoms with Gasteiger partial charge in [0.25, 0.3) is 5.91 Å². The molecule has 10 heteroatoms. The molecule has 0 saturated carbocycles. The van der Waals surface area contributed by atoms with Crippen LogP contribution >= 0.6 is 0 Å². The van der Waals surface area contributed by atoms with E-state index in [0.717, 1.165) is 5.56 Å². The number of amides is 1. The number of carbonyl (C=O) groups is 1. The molecule has 2 heterocycles. The van der Waals surface area contributed by atoms with Gasteiger partial charge in [0.15, 0.2) is 17.3 Å². The summed E-state index contributed by atoms with van der Waals surface area (Å²) in [5.74, 6) is 0.717. The van der Waals surface area contributed by atoms with Crippen LogP contribution in [-0.2, 0) is 23.7 Å². The van der Waals surface area contributed by atoms with Crippen molar-refractivity contribution in [1.82, 2.24) is 0 Å². The average molecular weight is 515 g/mol. The number of fused-ring (bicyclic) bond motifs is 1. The Labute approximate surface area is 216 Å². The van der Waals surface area contributed by atoms with E-state index in [-0.39, 0.29) is 37.6 Å². The van der Waals surface area contributed by atoms with Gasteiger partial charge < -0.3 is 44.6 Å². The van der Waals surface area contributed by atoms with Crippen molar-refractivity contribution >= 4 is 17.3 Å². The first kappa shape index (κ1) is 26.7. The van der Waals surface area contributed by atoms with Gasteiger partial charge in [0, 0.05) is 25.0 Å². The Hall–Kier alpha value is -3.31. The third-order valence-corrected chi connectivity index (χ3v) is 6.13. The standard InChI is InChI=1S/C27H34N2O8/c1-2-34-27-19(9-11-32-13-14-33-12-10-30)20(18-7-8-23-24(15-18)36-17-35-23)16-25(37-27)26(31)29-22-6-4-3-5-21(22)28/h3-8,15-16,19-20,27,30H,2,9-14,17,28H2,1H3,(H,29,31)/t19-,20-,27-/m1/s1. The molecule has 4 N–H and O–H groups in total. The second-order valence-corrected chi connectivity index (χ2v) is 8.55. The fraction of sp³-hybridized carbons (Fsp3) is 0.444. The minimum atomic E-state index is -0.673. The molecule has 10 nitrogen and oxygen atoms in total. The smallest absolute Gasteiger partial charge is 0.290 e. The van der Waals surface area contributed by atoms with Gasteiger partial charge in [-0.3, -0.25) is 4.79 Å². The lowest BCUT2D eigenvalue weighted by molar-refractivity contribution is -0.166. The maximum Gasteiger partial charge on any atom is 0.290 e. The van der Waals surface area contributed by atoms with Crippen LogP contribution in [0, 0.1) is 5.92 Å². The number of nitrogens with one attached hydrogen (secondary N) is 1. The second-order valence-electron chi connectivity index (χ2n) is 8.55. The Morgan fingerprint density at radius 2 is 1.86 bits per heavy atom. The van der Waals surface area contributed by atoms with Gasteiger partial charge in [-0.25, -0.2) is 0 Å². The first-order chi connectivity index (χ1) is 18.1. The van der Waals surface area contributed by atoms with Crippen molar-refractivity contribution in [2.24, 2.45) is 5.92 Å². The normalized spacial score (nSPS) is 20.3. The molecular weight excluding hydrogens is 480 g/mol. The molecule has 37 heavy (non-hydrogen) atoms. The maximum atomic E-state index is 13.2. The van der Waals surface area contributed by atoms with Crippen LogP contribution in [0.25, 0.3) is 0 Å². The maximum absolute atomic E-state index is 13.2. The molecule has 0 aliphatic carbocycles. The fourth-order valence-corrected chi connectivity index (χ4v) is 4.34. The van der Waals surface area contributed by atoms with Gasteiger partial charge in [0.2, 0.25) is 13.1 Å². The number of anilines is 2. The molecule has 2 aliphatic heterocycles. The summed E-state index contributed by atoms with van der Waals surface area (Å²) in [7, 11) is 0. The van der Waals surface area contributed by atoms with E-state index in [0.29, 0.717) is 55.7 Å². The number of nitrogens with two attached hydrogens (primary N) is 1. The summed E-state index contributed by atoms with van der Waals surface area (Å²) < 4.78 is 34.1. The van der Waals surface area contributed by atoms with Crippen LogP contribution in [0.5, 0.6) is 11.5 Å². The van der Waals surface area contributed by atoms with E-state index in [1.54, 1.807) is 24.3 Å². The molecule has 1 amide bonds. The lowest BCUT2D eigenvalue weighted by atomic mass is 9.81. The molecule has 4 rings (SSSR count). The van der Waals surface area contributed by atoms with E-state index in [4.69, 9.17) is 39.3 Å². The van der Waals surface area contributed by atoms with Gasteiger partial charge in [-0.1, -0.05) is 18.2 Å². The summed E-state index contributed by atoms with van der Waals surface area (Å²) >= 11 is 0. The highest BCUT2D eigenvalue weighted by Crippen LogP contribution is 2.42. The number of allylic oxidation sites excluding steroid dienone is 1. The molecule has 0 bridgehead atoms. The molecule has 0 fully saturated rings. The zero-order valence-corrected chi connectivity index (χ0v) is 20.9. The van der Waals surface area contributed by atoms with Gasteiger partial charge in [-0.15, -0.1) is 0 Å². The first-order valence-electron chi connectivity index (χ1n) is 12.4. The van der Waals surface area contributed by atoms with E-state index < -0.39 is 12.2 Å². The Balaban J connectivity index is 1.56. The zero-order chi connectivity index (χ0) is 26.0. The molecule has 0 saturated heterocycles. The van der Waals surface area contributed by atoms with Gasteiger partial charge in [0.1, 0.15) is 0 Å². The topological polar surface area (TPSA) is 131 Å². The highest BCUT2D eigenvalue weighted by atomic mass is 16.7. The van der Waals surface area contributed by atoms with Crippen molar-refractivity contribution in [3.63, 3.8) is 0 Å². The van der Waals surface area contributed by atoms with E-state index >= 15 is 0 Å². The minimum Gasteiger partial charge on any atom is -0.459 e. The number of hydrogen-bond donors (Lipinski definition) is 3. The second kappa shape index (κ2) is 13.3. The van der Waals surface area contributed by atoms with Crippen molar-refractivity contribution < 1.29 is 38.3 Å². The summed E-state index contributed by atoms with van der Waals surface area (Å²) in [5, 5.41) is 11.7. The molecule has 0 unspecified atom stereocenters. The van der Waals surface area contributed by atoms with Gasteiger partial charge >= 0.3 is 0 Å². The lowest BCUT2D eigenvalue weighted by Gasteiger charge is -2.37. The molecule has 0 radical (unpaired) electrons. The number of aliphatic hydroxyl groups is 1. The van der Waals surface area contributed by atoms with Crippen LogP contribution in [0.15, 0.2) is 54.3 Å². The predicted octanol–water partition coefficient (Wildman–Crippen LogP) is 3.03. The van der Waals surface area contributed by atoms with Crippen LogP contribution in [0.2, 0.25) is 0 Å². The van der Waals surface area contributed by atoms with E-state index in [1.165, 1.54) is 0 Å². The quantitative estimate of drug-likeness (QED) is 0.273.